The van der Waals surface area contributed by atoms with E-state index in [1.54, 1.807) is 29.2 Å². The summed E-state index contributed by atoms with van der Waals surface area (Å²) < 4.78 is 6.60. The van der Waals surface area contributed by atoms with E-state index in [0.29, 0.717) is 42.1 Å². The summed E-state index contributed by atoms with van der Waals surface area (Å²) in [6, 6.07) is 6.95. The maximum Gasteiger partial charge on any atom is 0.356 e. The smallest absolute Gasteiger partial charge is 0.356 e. The summed E-state index contributed by atoms with van der Waals surface area (Å²) in [6.45, 7) is 4.95. The fraction of sp³-hybridized carbons (Fsp3) is 0.346. The number of rotatable bonds is 6. The van der Waals surface area contributed by atoms with Crippen LogP contribution in [0, 0.1) is 13.8 Å². The summed E-state index contributed by atoms with van der Waals surface area (Å²) >= 11 is 0. The van der Waals surface area contributed by atoms with Gasteiger partial charge in [-0.3, -0.25) is 9.89 Å². The zero-order valence-corrected chi connectivity index (χ0v) is 21.8. The molecular weight excluding hydrogens is 500 g/mol. The van der Waals surface area contributed by atoms with Crippen LogP contribution in [0.5, 0.6) is 0 Å². The predicted octanol–water partition coefficient (Wildman–Crippen LogP) is 2.42. The van der Waals surface area contributed by atoms with Crippen molar-refractivity contribution in [3.8, 4) is 5.82 Å². The second-order valence-corrected chi connectivity index (χ2v) is 9.86. The van der Waals surface area contributed by atoms with Gasteiger partial charge in [0.25, 0.3) is 5.91 Å². The second kappa shape index (κ2) is 9.82. The summed E-state index contributed by atoms with van der Waals surface area (Å²) in [4.78, 5) is 43.5. The van der Waals surface area contributed by atoms with Gasteiger partial charge in [-0.2, -0.15) is 15.2 Å². The number of carbonyl (C=O) groups excluding carboxylic acids is 2. The third-order valence-corrected chi connectivity index (χ3v) is 7.01. The number of ether oxygens (including phenoxy) is 1. The van der Waals surface area contributed by atoms with Crippen LogP contribution in [-0.2, 0) is 4.74 Å². The molecular formula is C26H28N10O3. The quantitative estimate of drug-likeness (QED) is 0.358. The first kappa shape index (κ1) is 24.5. The van der Waals surface area contributed by atoms with Crippen molar-refractivity contribution in [3.05, 3.63) is 65.4 Å². The Morgan fingerprint density at radius 1 is 1.05 bits per heavy atom. The van der Waals surface area contributed by atoms with Crippen LogP contribution in [0.4, 0.5) is 17.6 Å². The number of fused-ring (bicyclic) bond motifs is 2. The van der Waals surface area contributed by atoms with Gasteiger partial charge in [0.15, 0.2) is 17.3 Å². The Morgan fingerprint density at radius 3 is 2.46 bits per heavy atom. The largest absolute Gasteiger partial charge is 0.464 e. The first-order chi connectivity index (χ1) is 18.9. The number of anilines is 3. The number of aryl methyl sites for hydroxylation is 2. The highest BCUT2D eigenvalue weighted by molar-refractivity contribution is 5.95. The second-order valence-electron chi connectivity index (χ2n) is 9.86. The van der Waals surface area contributed by atoms with Gasteiger partial charge in [0.1, 0.15) is 5.82 Å². The third kappa shape index (κ3) is 4.78. The number of H-pyrrole nitrogens is 1. The summed E-state index contributed by atoms with van der Waals surface area (Å²) in [5, 5.41) is 14.5. The fourth-order valence-electron chi connectivity index (χ4n) is 5.20. The van der Waals surface area contributed by atoms with E-state index in [1.807, 2.05) is 35.9 Å². The summed E-state index contributed by atoms with van der Waals surface area (Å²) in [5.41, 5.74) is 2.60. The number of hydrogen-bond donors (Lipinski definition) is 2. The van der Waals surface area contributed by atoms with Crippen LogP contribution in [0.1, 0.15) is 44.9 Å². The molecule has 2 bridgehead atoms. The lowest BCUT2D eigenvalue weighted by Crippen LogP contribution is -2.56. The van der Waals surface area contributed by atoms with Crippen molar-refractivity contribution in [2.24, 2.45) is 0 Å². The van der Waals surface area contributed by atoms with Gasteiger partial charge in [0.05, 0.1) is 31.0 Å². The molecule has 4 aromatic heterocycles. The van der Waals surface area contributed by atoms with Crippen LogP contribution in [-0.4, -0.2) is 84.0 Å². The molecule has 2 saturated heterocycles. The van der Waals surface area contributed by atoms with E-state index in [1.165, 1.54) is 13.2 Å². The molecule has 2 aliphatic heterocycles. The highest BCUT2D eigenvalue weighted by atomic mass is 16.5. The Morgan fingerprint density at radius 2 is 1.85 bits per heavy atom. The van der Waals surface area contributed by atoms with Crippen molar-refractivity contribution < 1.29 is 14.3 Å². The summed E-state index contributed by atoms with van der Waals surface area (Å²) in [7, 11) is 1.32. The minimum Gasteiger partial charge on any atom is -0.464 e. The monoisotopic (exact) mass is 528 g/mol. The molecule has 6 heterocycles. The Bertz CT molecular complexity index is 1510. The van der Waals surface area contributed by atoms with Gasteiger partial charge in [0, 0.05) is 43.3 Å². The zero-order valence-electron chi connectivity index (χ0n) is 21.8. The van der Waals surface area contributed by atoms with Gasteiger partial charge >= 0.3 is 5.97 Å². The molecule has 13 nitrogen and oxygen atoms in total. The molecule has 4 aromatic rings. The van der Waals surface area contributed by atoms with Crippen molar-refractivity contribution in [2.45, 2.75) is 38.8 Å². The number of methoxy groups -OCH3 is 1. The van der Waals surface area contributed by atoms with Gasteiger partial charge in [-0.1, -0.05) is 0 Å². The molecule has 13 heteroatoms. The number of pyridine rings is 1. The van der Waals surface area contributed by atoms with Crippen LogP contribution in [0.15, 0.2) is 42.9 Å². The molecule has 0 aliphatic carbocycles. The Labute approximate surface area is 224 Å². The fourth-order valence-corrected chi connectivity index (χ4v) is 5.20. The highest BCUT2D eigenvalue weighted by Crippen LogP contribution is 2.33. The van der Waals surface area contributed by atoms with E-state index in [9.17, 15) is 9.59 Å². The molecule has 200 valence electrons. The average molecular weight is 529 g/mol. The molecule has 1 amide bonds. The standard InChI is InChI=1S/C26H28N10O3/c1-15-10-28-35(12-15)23-7-4-17(11-27-23)24(37)36-18-5-6-19(36)14-34(13-18)26-29-20(25(38)39-3)9-21(31-26)30-22-8-16(2)32-33-22/h4,7-12,18-19H,5-6,13-14H2,1-3H3,(H2,29,30,31,32,33). The number of nitrogens with one attached hydrogen (secondary N) is 2. The molecule has 0 saturated carbocycles. The van der Waals surface area contributed by atoms with Crippen molar-refractivity contribution in [2.75, 3.05) is 30.4 Å². The lowest BCUT2D eigenvalue weighted by molar-refractivity contribution is 0.0593. The lowest BCUT2D eigenvalue weighted by atomic mass is 10.1. The van der Waals surface area contributed by atoms with Gasteiger partial charge in [0.2, 0.25) is 5.95 Å². The number of esters is 1. The maximum absolute atomic E-state index is 13.5. The lowest BCUT2D eigenvalue weighted by Gasteiger charge is -2.41. The van der Waals surface area contributed by atoms with Gasteiger partial charge in [-0.25, -0.2) is 19.4 Å². The normalized spacial score (nSPS) is 18.3. The Balaban J connectivity index is 1.21. The first-order valence-corrected chi connectivity index (χ1v) is 12.7. The van der Waals surface area contributed by atoms with Crippen molar-refractivity contribution in [3.63, 3.8) is 0 Å². The van der Waals surface area contributed by atoms with Crippen molar-refractivity contribution in [1.29, 1.82) is 0 Å². The number of aromatic nitrogens is 7. The molecule has 0 spiro atoms. The molecule has 2 atom stereocenters. The van der Waals surface area contributed by atoms with Crippen LogP contribution in [0.25, 0.3) is 5.82 Å². The van der Waals surface area contributed by atoms with Gasteiger partial charge in [-0.15, -0.1) is 0 Å². The summed E-state index contributed by atoms with van der Waals surface area (Å²) in [5.74, 6) is 1.46. The van der Waals surface area contributed by atoms with E-state index in [0.717, 1.165) is 24.1 Å². The average Bonchev–Trinajstić information content (AvgIpc) is 3.64. The molecule has 2 N–H and O–H groups in total. The topological polar surface area (TPSA) is 147 Å². The number of aromatic amines is 1. The zero-order chi connectivity index (χ0) is 27.1. The van der Waals surface area contributed by atoms with Crippen LogP contribution < -0.4 is 10.2 Å². The predicted molar refractivity (Wildman–Crippen MR) is 141 cm³/mol. The van der Waals surface area contributed by atoms with E-state index >= 15 is 0 Å². The first-order valence-electron chi connectivity index (χ1n) is 12.7. The van der Waals surface area contributed by atoms with E-state index in [2.05, 4.69) is 35.6 Å². The van der Waals surface area contributed by atoms with E-state index in [4.69, 9.17) is 4.74 Å². The number of nitrogens with zero attached hydrogens (tertiary/aromatic N) is 8. The number of carbonyl (C=O) groups is 2. The van der Waals surface area contributed by atoms with Crippen molar-refractivity contribution >= 4 is 29.5 Å². The molecule has 39 heavy (non-hydrogen) atoms. The SMILES string of the molecule is COC(=O)c1cc(Nc2cc(C)[nH]n2)nc(N2CC3CCC(C2)N3C(=O)c2ccc(-n3cc(C)cn3)nc2)n1. The minimum absolute atomic E-state index is 0.0135. The number of piperazine rings is 1. The maximum atomic E-state index is 13.5. The van der Waals surface area contributed by atoms with Crippen LogP contribution >= 0.6 is 0 Å². The Kier molecular flexibility index (Phi) is 6.17. The molecule has 2 fully saturated rings. The molecule has 0 aromatic carbocycles. The molecule has 2 unspecified atom stereocenters. The van der Waals surface area contributed by atoms with Crippen LogP contribution in [0.2, 0.25) is 0 Å². The molecule has 2 aliphatic rings. The summed E-state index contributed by atoms with van der Waals surface area (Å²) in [6.07, 6.45) is 7.01. The highest BCUT2D eigenvalue weighted by Gasteiger charge is 2.43. The van der Waals surface area contributed by atoms with E-state index < -0.39 is 5.97 Å². The third-order valence-electron chi connectivity index (χ3n) is 7.01. The number of hydrogen-bond acceptors (Lipinski definition) is 10. The molecule has 0 radical (unpaired) electrons. The number of amides is 1. The van der Waals surface area contributed by atoms with Crippen LogP contribution in [0.3, 0.4) is 0 Å². The molecule has 6 rings (SSSR count). The minimum atomic E-state index is -0.557. The van der Waals surface area contributed by atoms with Gasteiger partial charge < -0.3 is 19.9 Å². The van der Waals surface area contributed by atoms with Crippen molar-refractivity contribution in [1.82, 2.24) is 39.8 Å². The van der Waals surface area contributed by atoms with Gasteiger partial charge in [-0.05, 0) is 44.4 Å². The van der Waals surface area contributed by atoms with E-state index in [-0.39, 0.29) is 23.7 Å². The Hall–Kier alpha value is -4.81.